The number of carboxylic acid groups (broad SMARTS) is 1. The fourth-order valence-electron chi connectivity index (χ4n) is 3.33. The number of aromatic nitrogens is 1. The van der Waals surface area contributed by atoms with Gasteiger partial charge in [-0.3, -0.25) is 4.79 Å². The molecule has 0 amide bonds. The lowest BCUT2D eigenvalue weighted by Crippen LogP contribution is -2.09. The molecule has 4 heteroatoms. The molecule has 1 aromatic rings. The van der Waals surface area contributed by atoms with E-state index in [0.717, 1.165) is 24.5 Å². The quantitative estimate of drug-likeness (QED) is 0.909. The van der Waals surface area contributed by atoms with Gasteiger partial charge in [0.25, 0.3) is 0 Å². The minimum Gasteiger partial charge on any atom is -0.481 e. The molecular weight excluding hydrogens is 246 g/mol. The van der Waals surface area contributed by atoms with Gasteiger partial charge in [0.15, 0.2) is 0 Å². The zero-order valence-electron chi connectivity index (χ0n) is 10.7. The van der Waals surface area contributed by atoms with Crippen molar-refractivity contribution in [1.82, 2.24) is 4.98 Å². The van der Waals surface area contributed by atoms with E-state index in [9.17, 15) is 9.90 Å². The summed E-state index contributed by atoms with van der Waals surface area (Å²) < 4.78 is 0. The normalized spacial score (nSPS) is 30.6. The molecule has 98 valence electrons. The SMILES string of the molecule is CCC1CCC(c2nc3c(s2)CCC3C(=O)O)C1. The molecule has 0 aliphatic heterocycles. The largest absolute Gasteiger partial charge is 0.481 e. The van der Waals surface area contributed by atoms with Gasteiger partial charge >= 0.3 is 5.97 Å². The lowest BCUT2D eigenvalue weighted by molar-refractivity contribution is -0.138. The van der Waals surface area contributed by atoms with Crippen LogP contribution in [0.1, 0.15) is 66.4 Å². The number of rotatable bonds is 3. The maximum Gasteiger partial charge on any atom is 0.312 e. The molecule has 3 rings (SSSR count). The monoisotopic (exact) mass is 265 g/mol. The van der Waals surface area contributed by atoms with Crippen molar-refractivity contribution in [3.63, 3.8) is 0 Å². The molecule has 3 atom stereocenters. The summed E-state index contributed by atoms with van der Waals surface area (Å²) in [6.45, 7) is 2.26. The summed E-state index contributed by atoms with van der Waals surface area (Å²) in [5.41, 5.74) is 0.877. The van der Waals surface area contributed by atoms with Gasteiger partial charge in [-0.05, 0) is 38.0 Å². The smallest absolute Gasteiger partial charge is 0.312 e. The van der Waals surface area contributed by atoms with Crippen LogP contribution < -0.4 is 0 Å². The standard InChI is InChI=1S/C14H19NO2S/c1-2-8-3-4-9(7-8)13-15-12-10(14(16)17)5-6-11(12)18-13/h8-10H,2-7H2,1H3,(H,16,17). The minimum atomic E-state index is -0.705. The highest BCUT2D eigenvalue weighted by atomic mass is 32.1. The zero-order valence-corrected chi connectivity index (χ0v) is 11.5. The Morgan fingerprint density at radius 2 is 2.28 bits per heavy atom. The minimum absolute atomic E-state index is 0.339. The Labute approximate surface area is 111 Å². The third-order valence-corrected chi connectivity index (χ3v) is 5.79. The van der Waals surface area contributed by atoms with Crippen molar-refractivity contribution in [2.75, 3.05) is 0 Å². The summed E-state index contributed by atoms with van der Waals surface area (Å²) in [6.07, 6.45) is 6.72. The van der Waals surface area contributed by atoms with Crippen LogP contribution in [-0.2, 0) is 11.2 Å². The van der Waals surface area contributed by atoms with E-state index in [1.54, 1.807) is 11.3 Å². The van der Waals surface area contributed by atoms with Crippen molar-refractivity contribution in [2.24, 2.45) is 5.92 Å². The number of nitrogens with zero attached hydrogens (tertiary/aromatic N) is 1. The van der Waals surface area contributed by atoms with E-state index < -0.39 is 5.97 Å². The van der Waals surface area contributed by atoms with Crippen molar-refractivity contribution in [3.05, 3.63) is 15.6 Å². The molecule has 1 N–H and O–H groups in total. The number of hydrogen-bond acceptors (Lipinski definition) is 3. The average Bonchev–Trinajstić information content (AvgIpc) is 3.02. The highest BCUT2D eigenvalue weighted by Gasteiger charge is 2.35. The Morgan fingerprint density at radius 3 is 2.94 bits per heavy atom. The van der Waals surface area contributed by atoms with Crippen molar-refractivity contribution >= 4 is 17.3 Å². The Balaban J connectivity index is 1.80. The van der Waals surface area contributed by atoms with Gasteiger partial charge in [0, 0.05) is 10.8 Å². The van der Waals surface area contributed by atoms with Gasteiger partial charge < -0.3 is 5.11 Å². The number of carbonyl (C=O) groups is 1. The number of fused-ring (bicyclic) bond motifs is 1. The van der Waals surface area contributed by atoms with E-state index in [-0.39, 0.29) is 5.92 Å². The molecular formula is C14H19NO2S. The van der Waals surface area contributed by atoms with Crippen LogP contribution in [0.4, 0.5) is 0 Å². The van der Waals surface area contributed by atoms with Gasteiger partial charge in [0.1, 0.15) is 5.92 Å². The van der Waals surface area contributed by atoms with Gasteiger partial charge in [-0.1, -0.05) is 13.3 Å². The first-order valence-electron chi connectivity index (χ1n) is 6.91. The molecule has 1 aromatic heterocycles. The predicted octanol–water partition coefficient (Wildman–Crippen LogP) is 3.55. The van der Waals surface area contributed by atoms with Crippen molar-refractivity contribution in [1.29, 1.82) is 0 Å². The molecule has 1 saturated carbocycles. The summed E-state index contributed by atoms with van der Waals surface area (Å²) in [5.74, 6) is 0.404. The van der Waals surface area contributed by atoms with Crippen molar-refractivity contribution in [2.45, 2.75) is 57.3 Å². The van der Waals surface area contributed by atoms with Crippen LogP contribution in [0.3, 0.4) is 0 Å². The van der Waals surface area contributed by atoms with E-state index in [1.807, 2.05) is 0 Å². The molecule has 0 bridgehead atoms. The number of aliphatic carboxylic acids is 1. The molecule has 18 heavy (non-hydrogen) atoms. The van der Waals surface area contributed by atoms with Crippen molar-refractivity contribution < 1.29 is 9.90 Å². The molecule has 0 saturated heterocycles. The topological polar surface area (TPSA) is 50.2 Å². The maximum absolute atomic E-state index is 11.2. The summed E-state index contributed by atoms with van der Waals surface area (Å²) in [4.78, 5) is 17.1. The second kappa shape index (κ2) is 4.65. The van der Waals surface area contributed by atoms with Crippen LogP contribution in [0.15, 0.2) is 0 Å². The first kappa shape index (κ1) is 12.2. The number of carboxylic acids is 1. The Morgan fingerprint density at radius 1 is 1.44 bits per heavy atom. The van der Waals surface area contributed by atoms with E-state index in [0.29, 0.717) is 5.92 Å². The molecule has 1 fully saturated rings. The molecule has 0 radical (unpaired) electrons. The van der Waals surface area contributed by atoms with E-state index in [4.69, 9.17) is 0 Å². The first-order chi connectivity index (χ1) is 8.69. The van der Waals surface area contributed by atoms with Crippen molar-refractivity contribution in [3.8, 4) is 0 Å². The molecule has 0 aromatic carbocycles. The highest BCUT2D eigenvalue weighted by Crippen LogP contribution is 2.44. The molecule has 2 aliphatic rings. The molecule has 3 nitrogen and oxygen atoms in total. The molecule has 2 aliphatic carbocycles. The molecule has 1 heterocycles. The van der Waals surface area contributed by atoms with Crippen LogP contribution in [-0.4, -0.2) is 16.1 Å². The Hall–Kier alpha value is -0.900. The van der Waals surface area contributed by atoms with Gasteiger partial charge in [-0.25, -0.2) is 4.98 Å². The lowest BCUT2D eigenvalue weighted by Gasteiger charge is -2.07. The summed E-state index contributed by atoms with van der Waals surface area (Å²) in [5, 5.41) is 10.4. The lowest BCUT2D eigenvalue weighted by atomic mass is 10.0. The fourth-order valence-corrected chi connectivity index (χ4v) is 4.62. The van der Waals surface area contributed by atoms with Gasteiger partial charge in [-0.2, -0.15) is 0 Å². The van der Waals surface area contributed by atoms with E-state index in [1.165, 1.54) is 35.6 Å². The van der Waals surface area contributed by atoms with E-state index >= 15 is 0 Å². The van der Waals surface area contributed by atoms with Gasteiger partial charge in [0.2, 0.25) is 0 Å². The number of hydrogen-bond donors (Lipinski definition) is 1. The summed E-state index contributed by atoms with van der Waals surface area (Å²) in [6, 6.07) is 0. The maximum atomic E-state index is 11.2. The third kappa shape index (κ3) is 1.96. The summed E-state index contributed by atoms with van der Waals surface area (Å²) in [7, 11) is 0. The van der Waals surface area contributed by atoms with Gasteiger partial charge in [0.05, 0.1) is 10.7 Å². The first-order valence-corrected chi connectivity index (χ1v) is 7.73. The van der Waals surface area contributed by atoms with Crippen LogP contribution in [0.2, 0.25) is 0 Å². The Kier molecular flexibility index (Phi) is 3.14. The van der Waals surface area contributed by atoms with Crippen LogP contribution >= 0.6 is 11.3 Å². The second-order valence-electron chi connectivity index (χ2n) is 5.57. The van der Waals surface area contributed by atoms with E-state index in [2.05, 4.69) is 11.9 Å². The predicted molar refractivity (Wildman–Crippen MR) is 71.2 cm³/mol. The van der Waals surface area contributed by atoms with Gasteiger partial charge in [-0.15, -0.1) is 11.3 Å². The molecule has 0 spiro atoms. The molecule has 3 unspecified atom stereocenters. The highest BCUT2D eigenvalue weighted by molar-refractivity contribution is 7.11. The number of aryl methyl sites for hydroxylation is 1. The van der Waals surface area contributed by atoms with Crippen LogP contribution in [0.5, 0.6) is 0 Å². The Bertz CT molecular complexity index is 468. The number of thiazole rings is 1. The summed E-state index contributed by atoms with van der Waals surface area (Å²) >= 11 is 1.78. The van der Waals surface area contributed by atoms with Crippen LogP contribution in [0.25, 0.3) is 0 Å². The fraction of sp³-hybridized carbons (Fsp3) is 0.714. The van der Waals surface area contributed by atoms with Crippen LogP contribution in [0, 0.1) is 5.92 Å². The second-order valence-corrected chi connectivity index (χ2v) is 6.69. The third-order valence-electron chi connectivity index (χ3n) is 4.50. The zero-order chi connectivity index (χ0) is 12.7. The average molecular weight is 265 g/mol.